The first-order valence-corrected chi connectivity index (χ1v) is 8.86. The van der Waals surface area contributed by atoms with E-state index in [2.05, 4.69) is 81.4 Å². The Morgan fingerprint density at radius 3 is 2.24 bits per heavy atom. The summed E-state index contributed by atoms with van der Waals surface area (Å²) >= 11 is 13.0. The summed E-state index contributed by atoms with van der Waals surface area (Å²) in [6, 6.07) is 14.7. The summed E-state index contributed by atoms with van der Waals surface area (Å²) in [7, 11) is 0. The summed E-state index contributed by atoms with van der Waals surface area (Å²) in [4.78, 5) is 0. The van der Waals surface area contributed by atoms with Crippen LogP contribution in [0, 0.1) is 5.92 Å². The van der Waals surface area contributed by atoms with Crippen LogP contribution in [0.1, 0.15) is 31.0 Å². The van der Waals surface area contributed by atoms with Crippen LogP contribution in [-0.2, 0) is 6.54 Å². The molecule has 2 aromatic carbocycles. The van der Waals surface area contributed by atoms with E-state index in [1.54, 1.807) is 0 Å². The van der Waals surface area contributed by atoms with Crippen molar-refractivity contribution in [1.29, 1.82) is 0 Å². The Balaban J connectivity index is 2.09. The SMILES string of the molecule is CC(C)C(NCc1ccc(Br)c(Br)c1)c1ccc(Cl)cc1. The topological polar surface area (TPSA) is 12.0 Å². The normalized spacial score (nSPS) is 12.7. The molecule has 0 saturated carbocycles. The maximum atomic E-state index is 5.97. The molecule has 0 amide bonds. The van der Waals surface area contributed by atoms with Crippen LogP contribution in [0.3, 0.4) is 0 Å². The first kappa shape index (κ1) is 17.0. The van der Waals surface area contributed by atoms with Gasteiger partial charge in [0.15, 0.2) is 0 Å². The molecule has 1 atom stereocenters. The van der Waals surface area contributed by atoms with Gasteiger partial charge in [-0.25, -0.2) is 0 Å². The van der Waals surface area contributed by atoms with Gasteiger partial charge in [-0.05, 0) is 73.2 Å². The minimum atomic E-state index is 0.310. The van der Waals surface area contributed by atoms with Gasteiger partial charge in [0.2, 0.25) is 0 Å². The third-order valence-electron chi connectivity index (χ3n) is 3.41. The van der Waals surface area contributed by atoms with Crippen molar-refractivity contribution >= 4 is 43.5 Å². The predicted molar refractivity (Wildman–Crippen MR) is 97.7 cm³/mol. The molecule has 0 aliphatic rings. The summed E-state index contributed by atoms with van der Waals surface area (Å²) < 4.78 is 2.15. The molecule has 0 heterocycles. The van der Waals surface area contributed by atoms with E-state index in [-0.39, 0.29) is 0 Å². The van der Waals surface area contributed by atoms with Gasteiger partial charge >= 0.3 is 0 Å². The zero-order valence-corrected chi connectivity index (χ0v) is 16.0. The minimum absolute atomic E-state index is 0.310. The van der Waals surface area contributed by atoms with E-state index in [0.717, 1.165) is 20.5 Å². The summed E-state index contributed by atoms with van der Waals surface area (Å²) in [5, 5.41) is 4.41. The van der Waals surface area contributed by atoms with Gasteiger partial charge < -0.3 is 5.32 Å². The van der Waals surface area contributed by atoms with Crippen LogP contribution in [0.15, 0.2) is 51.4 Å². The maximum Gasteiger partial charge on any atom is 0.0406 e. The largest absolute Gasteiger partial charge is 0.306 e. The Morgan fingerprint density at radius 2 is 1.67 bits per heavy atom. The van der Waals surface area contributed by atoms with Gasteiger partial charge in [-0.1, -0.05) is 43.6 Å². The number of halogens is 3. The Labute approximate surface area is 148 Å². The lowest BCUT2D eigenvalue weighted by Gasteiger charge is -2.23. The van der Waals surface area contributed by atoms with Crippen molar-refractivity contribution in [2.24, 2.45) is 5.92 Å². The van der Waals surface area contributed by atoms with Gasteiger partial charge in [0.05, 0.1) is 0 Å². The molecular weight excluding hydrogens is 413 g/mol. The monoisotopic (exact) mass is 429 g/mol. The molecule has 0 aromatic heterocycles. The molecule has 112 valence electrons. The number of rotatable bonds is 5. The fraction of sp³-hybridized carbons (Fsp3) is 0.294. The van der Waals surface area contributed by atoms with Crippen molar-refractivity contribution in [2.45, 2.75) is 26.4 Å². The molecule has 0 fully saturated rings. The van der Waals surface area contributed by atoms with E-state index in [0.29, 0.717) is 12.0 Å². The Hall–Kier alpha value is -0.350. The Bertz CT molecular complexity index is 596. The summed E-state index contributed by atoms with van der Waals surface area (Å²) in [6.07, 6.45) is 0. The summed E-state index contributed by atoms with van der Waals surface area (Å²) in [5.41, 5.74) is 2.52. The highest BCUT2D eigenvalue weighted by Gasteiger charge is 2.15. The highest BCUT2D eigenvalue weighted by Crippen LogP contribution is 2.26. The number of hydrogen-bond acceptors (Lipinski definition) is 1. The summed E-state index contributed by atoms with van der Waals surface area (Å²) in [6.45, 7) is 5.28. The Morgan fingerprint density at radius 1 is 1.00 bits per heavy atom. The van der Waals surface area contributed by atoms with Gasteiger partial charge in [0.25, 0.3) is 0 Å². The van der Waals surface area contributed by atoms with E-state index >= 15 is 0 Å². The van der Waals surface area contributed by atoms with E-state index in [1.165, 1.54) is 11.1 Å². The number of benzene rings is 2. The van der Waals surface area contributed by atoms with Crippen LogP contribution < -0.4 is 5.32 Å². The van der Waals surface area contributed by atoms with Crippen molar-refractivity contribution in [3.63, 3.8) is 0 Å². The Kier molecular flexibility index (Phi) is 6.30. The highest BCUT2D eigenvalue weighted by molar-refractivity contribution is 9.13. The molecule has 4 heteroatoms. The number of nitrogens with one attached hydrogen (secondary N) is 1. The molecule has 1 unspecified atom stereocenters. The average Bonchev–Trinajstić information content (AvgIpc) is 2.44. The molecule has 0 spiro atoms. The zero-order valence-electron chi connectivity index (χ0n) is 12.0. The highest BCUT2D eigenvalue weighted by atomic mass is 79.9. The minimum Gasteiger partial charge on any atom is -0.306 e. The van der Waals surface area contributed by atoms with Crippen LogP contribution in [-0.4, -0.2) is 0 Å². The van der Waals surface area contributed by atoms with Crippen LogP contribution >= 0.6 is 43.5 Å². The van der Waals surface area contributed by atoms with E-state index in [4.69, 9.17) is 11.6 Å². The molecule has 1 N–H and O–H groups in total. The van der Waals surface area contributed by atoms with Gasteiger partial charge in [-0.3, -0.25) is 0 Å². The van der Waals surface area contributed by atoms with Crippen LogP contribution in [0.4, 0.5) is 0 Å². The molecule has 0 aliphatic heterocycles. The van der Waals surface area contributed by atoms with Crippen molar-refractivity contribution in [3.05, 3.63) is 67.6 Å². The second-order valence-electron chi connectivity index (χ2n) is 5.40. The molecular formula is C17H18Br2ClN. The van der Waals surface area contributed by atoms with Crippen molar-refractivity contribution in [3.8, 4) is 0 Å². The fourth-order valence-corrected chi connectivity index (χ4v) is 3.08. The smallest absolute Gasteiger partial charge is 0.0406 e. The molecule has 0 saturated heterocycles. The lowest BCUT2D eigenvalue weighted by Crippen LogP contribution is -2.25. The fourth-order valence-electron chi connectivity index (χ4n) is 2.29. The second-order valence-corrected chi connectivity index (χ2v) is 7.55. The first-order chi connectivity index (χ1) is 9.97. The third-order valence-corrected chi connectivity index (χ3v) is 5.54. The molecule has 2 rings (SSSR count). The van der Waals surface area contributed by atoms with E-state index in [1.807, 2.05) is 12.1 Å². The van der Waals surface area contributed by atoms with Gasteiger partial charge in [-0.15, -0.1) is 0 Å². The van der Waals surface area contributed by atoms with E-state index in [9.17, 15) is 0 Å². The molecule has 0 radical (unpaired) electrons. The average molecular weight is 432 g/mol. The molecule has 2 aromatic rings. The predicted octanol–water partition coefficient (Wildman–Crippen LogP) is 6.35. The van der Waals surface area contributed by atoms with Crippen molar-refractivity contribution in [2.75, 3.05) is 0 Å². The lowest BCUT2D eigenvalue weighted by atomic mass is 9.96. The van der Waals surface area contributed by atoms with E-state index < -0.39 is 0 Å². The number of hydrogen-bond donors (Lipinski definition) is 1. The standard InChI is InChI=1S/C17H18Br2ClN/c1-11(2)17(13-4-6-14(20)7-5-13)21-10-12-3-8-15(18)16(19)9-12/h3-9,11,17,21H,10H2,1-2H3. The third kappa shape index (κ3) is 4.82. The van der Waals surface area contributed by atoms with Crippen molar-refractivity contribution < 1.29 is 0 Å². The lowest BCUT2D eigenvalue weighted by molar-refractivity contribution is 0.410. The van der Waals surface area contributed by atoms with Gasteiger partial charge in [0.1, 0.15) is 0 Å². The van der Waals surface area contributed by atoms with Crippen LogP contribution in [0.5, 0.6) is 0 Å². The van der Waals surface area contributed by atoms with Crippen LogP contribution in [0.25, 0.3) is 0 Å². The van der Waals surface area contributed by atoms with Crippen molar-refractivity contribution in [1.82, 2.24) is 5.32 Å². The molecule has 21 heavy (non-hydrogen) atoms. The van der Waals surface area contributed by atoms with Gasteiger partial charge in [-0.2, -0.15) is 0 Å². The second kappa shape index (κ2) is 7.77. The zero-order chi connectivity index (χ0) is 15.4. The van der Waals surface area contributed by atoms with Crippen LogP contribution in [0.2, 0.25) is 5.02 Å². The van der Waals surface area contributed by atoms with Gasteiger partial charge in [0, 0.05) is 26.6 Å². The molecule has 0 bridgehead atoms. The molecule has 1 nitrogen and oxygen atoms in total. The summed E-state index contributed by atoms with van der Waals surface area (Å²) in [5.74, 6) is 0.505. The quantitative estimate of drug-likeness (QED) is 0.581. The maximum absolute atomic E-state index is 5.97. The molecule has 0 aliphatic carbocycles. The first-order valence-electron chi connectivity index (χ1n) is 6.90.